The average molecular weight is 172 g/mol. The maximum atomic E-state index is 9.25. The third-order valence-electron chi connectivity index (χ3n) is 1.56. The predicted molar refractivity (Wildman–Crippen MR) is 54.9 cm³/mol. The topological polar surface area (TPSA) is 20.2 Å². The summed E-state index contributed by atoms with van der Waals surface area (Å²) in [7, 11) is 0. The maximum absolute atomic E-state index is 9.25. The Balaban J connectivity index is 2.62. The lowest BCUT2D eigenvalue weighted by atomic mass is 10.2. The summed E-state index contributed by atoms with van der Waals surface area (Å²) in [5.74, 6) is 5.29. The Labute approximate surface area is 78.7 Å². The molecule has 1 unspecified atom stereocenters. The van der Waals surface area contributed by atoms with Crippen LogP contribution in [0.1, 0.15) is 12.5 Å². The molecule has 0 saturated carbocycles. The van der Waals surface area contributed by atoms with Crippen LogP contribution in [0, 0.1) is 11.8 Å². The van der Waals surface area contributed by atoms with Gasteiger partial charge in [-0.1, -0.05) is 42.3 Å². The fourth-order valence-electron chi connectivity index (χ4n) is 0.962. The second kappa shape index (κ2) is 5.18. The minimum atomic E-state index is -0.662. The third kappa shape index (κ3) is 3.59. The van der Waals surface area contributed by atoms with E-state index in [2.05, 4.69) is 11.8 Å². The molecule has 66 valence electrons. The Kier molecular flexibility index (Phi) is 3.81. The molecule has 0 aliphatic heterocycles. The zero-order valence-corrected chi connectivity index (χ0v) is 7.57. The molecule has 0 amide bonds. The van der Waals surface area contributed by atoms with E-state index in [1.165, 1.54) is 0 Å². The molecule has 0 radical (unpaired) electrons. The maximum Gasteiger partial charge on any atom is 0.133 e. The SMILES string of the molecule is CC#CC(O)C=Cc1ccccc1. The number of aliphatic hydroxyl groups is 1. The molecule has 1 heteroatoms. The van der Waals surface area contributed by atoms with Crippen LogP contribution in [0.2, 0.25) is 0 Å². The van der Waals surface area contributed by atoms with Crippen molar-refractivity contribution in [2.75, 3.05) is 0 Å². The molecular formula is C12H12O. The van der Waals surface area contributed by atoms with Crippen molar-refractivity contribution in [2.45, 2.75) is 13.0 Å². The van der Waals surface area contributed by atoms with Gasteiger partial charge in [-0.05, 0) is 18.6 Å². The van der Waals surface area contributed by atoms with Crippen LogP contribution in [0.3, 0.4) is 0 Å². The molecular weight excluding hydrogens is 160 g/mol. The first-order chi connectivity index (χ1) is 6.33. The normalized spacial score (nSPS) is 12.2. The first kappa shape index (κ1) is 9.57. The van der Waals surface area contributed by atoms with E-state index in [1.54, 1.807) is 13.0 Å². The quantitative estimate of drug-likeness (QED) is 0.677. The number of hydrogen-bond donors (Lipinski definition) is 1. The molecule has 0 saturated heterocycles. The van der Waals surface area contributed by atoms with Crippen molar-refractivity contribution < 1.29 is 5.11 Å². The molecule has 0 spiro atoms. The van der Waals surface area contributed by atoms with Gasteiger partial charge in [0.05, 0.1) is 0 Å². The standard InChI is InChI=1S/C12H12O/c1-2-6-12(13)10-9-11-7-4-3-5-8-11/h3-5,7-10,12-13H,1H3. The highest BCUT2D eigenvalue weighted by atomic mass is 16.3. The summed E-state index contributed by atoms with van der Waals surface area (Å²) >= 11 is 0. The van der Waals surface area contributed by atoms with Gasteiger partial charge in [0.25, 0.3) is 0 Å². The van der Waals surface area contributed by atoms with E-state index in [-0.39, 0.29) is 0 Å². The van der Waals surface area contributed by atoms with Crippen LogP contribution >= 0.6 is 0 Å². The minimum absolute atomic E-state index is 0.662. The molecule has 0 fully saturated rings. The summed E-state index contributed by atoms with van der Waals surface area (Å²) in [5, 5.41) is 9.25. The van der Waals surface area contributed by atoms with Gasteiger partial charge in [-0.2, -0.15) is 0 Å². The molecule has 1 atom stereocenters. The lowest BCUT2D eigenvalue weighted by Gasteiger charge is -1.94. The monoisotopic (exact) mass is 172 g/mol. The predicted octanol–water partition coefficient (Wildman–Crippen LogP) is 2.08. The zero-order valence-electron chi connectivity index (χ0n) is 7.57. The highest BCUT2D eigenvalue weighted by molar-refractivity contribution is 5.50. The van der Waals surface area contributed by atoms with Gasteiger partial charge < -0.3 is 5.11 Å². The zero-order chi connectivity index (χ0) is 9.52. The van der Waals surface area contributed by atoms with Gasteiger partial charge in [-0.25, -0.2) is 0 Å². The summed E-state index contributed by atoms with van der Waals surface area (Å²) in [4.78, 5) is 0. The highest BCUT2D eigenvalue weighted by Gasteiger charge is 1.89. The van der Waals surface area contributed by atoms with Gasteiger partial charge in [0.2, 0.25) is 0 Å². The van der Waals surface area contributed by atoms with E-state index in [4.69, 9.17) is 0 Å². The number of benzene rings is 1. The molecule has 0 aromatic heterocycles. The van der Waals surface area contributed by atoms with Crippen LogP contribution < -0.4 is 0 Å². The molecule has 1 aromatic carbocycles. The Morgan fingerprint density at radius 2 is 2.00 bits per heavy atom. The van der Waals surface area contributed by atoms with E-state index < -0.39 is 6.10 Å². The van der Waals surface area contributed by atoms with Crippen molar-refractivity contribution in [3.63, 3.8) is 0 Å². The van der Waals surface area contributed by atoms with E-state index in [9.17, 15) is 5.11 Å². The van der Waals surface area contributed by atoms with Crippen molar-refractivity contribution >= 4 is 6.08 Å². The lowest BCUT2D eigenvalue weighted by Crippen LogP contribution is -1.95. The fraction of sp³-hybridized carbons (Fsp3) is 0.167. The van der Waals surface area contributed by atoms with Crippen molar-refractivity contribution in [1.29, 1.82) is 0 Å². The van der Waals surface area contributed by atoms with Gasteiger partial charge in [0.1, 0.15) is 6.10 Å². The van der Waals surface area contributed by atoms with Crippen molar-refractivity contribution in [3.8, 4) is 11.8 Å². The van der Waals surface area contributed by atoms with Gasteiger partial charge >= 0.3 is 0 Å². The van der Waals surface area contributed by atoms with E-state index in [1.807, 2.05) is 36.4 Å². The third-order valence-corrected chi connectivity index (χ3v) is 1.56. The first-order valence-electron chi connectivity index (χ1n) is 4.16. The largest absolute Gasteiger partial charge is 0.377 e. The highest BCUT2D eigenvalue weighted by Crippen LogP contribution is 2.01. The van der Waals surface area contributed by atoms with E-state index in [0.29, 0.717) is 0 Å². The Bertz CT molecular complexity index is 327. The van der Waals surface area contributed by atoms with Crippen LogP contribution in [0.5, 0.6) is 0 Å². The van der Waals surface area contributed by atoms with E-state index >= 15 is 0 Å². The first-order valence-corrected chi connectivity index (χ1v) is 4.16. The van der Waals surface area contributed by atoms with Crippen LogP contribution in [0.4, 0.5) is 0 Å². The second-order valence-electron chi connectivity index (χ2n) is 2.61. The summed E-state index contributed by atoms with van der Waals surface area (Å²) < 4.78 is 0. The average Bonchev–Trinajstić information content (AvgIpc) is 2.17. The Morgan fingerprint density at radius 3 is 2.62 bits per heavy atom. The van der Waals surface area contributed by atoms with Gasteiger partial charge in [-0.15, -0.1) is 5.92 Å². The Hall–Kier alpha value is -1.52. The summed E-state index contributed by atoms with van der Waals surface area (Å²) in [6.07, 6.45) is 2.87. The second-order valence-corrected chi connectivity index (χ2v) is 2.61. The summed E-state index contributed by atoms with van der Waals surface area (Å²) in [6, 6.07) is 9.82. The van der Waals surface area contributed by atoms with E-state index in [0.717, 1.165) is 5.56 Å². The molecule has 1 N–H and O–H groups in total. The van der Waals surface area contributed by atoms with Crippen molar-refractivity contribution in [3.05, 3.63) is 42.0 Å². The minimum Gasteiger partial charge on any atom is -0.377 e. The van der Waals surface area contributed by atoms with Crippen LogP contribution in [-0.2, 0) is 0 Å². The molecule has 0 bridgehead atoms. The lowest BCUT2D eigenvalue weighted by molar-refractivity contribution is 0.281. The van der Waals surface area contributed by atoms with Crippen molar-refractivity contribution in [2.24, 2.45) is 0 Å². The van der Waals surface area contributed by atoms with Crippen LogP contribution in [0.25, 0.3) is 6.08 Å². The molecule has 1 aromatic rings. The van der Waals surface area contributed by atoms with Gasteiger partial charge in [0, 0.05) is 0 Å². The number of rotatable bonds is 2. The molecule has 1 nitrogen and oxygen atoms in total. The summed E-state index contributed by atoms with van der Waals surface area (Å²) in [5.41, 5.74) is 1.07. The molecule has 0 heterocycles. The number of aliphatic hydroxyl groups excluding tert-OH is 1. The molecule has 0 aliphatic rings. The van der Waals surface area contributed by atoms with Crippen molar-refractivity contribution in [1.82, 2.24) is 0 Å². The Morgan fingerprint density at radius 1 is 1.31 bits per heavy atom. The smallest absolute Gasteiger partial charge is 0.133 e. The van der Waals surface area contributed by atoms with Gasteiger partial charge in [-0.3, -0.25) is 0 Å². The molecule has 13 heavy (non-hydrogen) atoms. The summed E-state index contributed by atoms with van der Waals surface area (Å²) in [6.45, 7) is 1.71. The van der Waals surface area contributed by atoms with Crippen LogP contribution in [0.15, 0.2) is 36.4 Å². The van der Waals surface area contributed by atoms with Gasteiger partial charge in [0.15, 0.2) is 0 Å². The number of hydrogen-bond acceptors (Lipinski definition) is 1. The van der Waals surface area contributed by atoms with Crippen LogP contribution in [-0.4, -0.2) is 11.2 Å². The molecule has 1 rings (SSSR count). The fourth-order valence-corrected chi connectivity index (χ4v) is 0.962. The molecule has 0 aliphatic carbocycles.